The van der Waals surface area contributed by atoms with Gasteiger partial charge in [0.25, 0.3) is 0 Å². The van der Waals surface area contributed by atoms with E-state index < -0.39 is 0 Å². The molecule has 6 heteroatoms. The van der Waals surface area contributed by atoms with Gasteiger partial charge >= 0.3 is 0 Å². The van der Waals surface area contributed by atoms with E-state index in [0.29, 0.717) is 10.9 Å². The third kappa shape index (κ3) is 5.45. The Morgan fingerprint density at radius 3 is 2.39 bits per heavy atom. The van der Waals surface area contributed by atoms with Crippen LogP contribution in [0, 0.1) is 0 Å². The highest BCUT2D eigenvalue weighted by Crippen LogP contribution is 2.27. The van der Waals surface area contributed by atoms with Crippen LogP contribution in [0.2, 0.25) is 0 Å². The summed E-state index contributed by atoms with van der Waals surface area (Å²) < 4.78 is 2.01. The van der Waals surface area contributed by atoms with E-state index >= 15 is 0 Å². The number of amides is 1. The zero-order valence-corrected chi connectivity index (χ0v) is 17.0. The lowest BCUT2D eigenvalue weighted by Gasteiger charge is -2.10. The van der Waals surface area contributed by atoms with Crippen molar-refractivity contribution in [3.05, 3.63) is 60.7 Å². The van der Waals surface area contributed by atoms with Gasteiger partial charge in [-0.3, -0.25) is 9.36 Å². The largest absolute Gasteiger partial charge is 0.355 e. The molecule has 0 saturated heterocycles. The fourth-order valence-corrected chi connectivity index (χ4v) is 3.69. The Hall–Kier alpha value is -2.60. The van der Waals surface area contributed by atoms with Crippen molar-refractivity contribution in [3.63, 3.8) is 0 Å². The Morgan fingerprint density at radius 2 is 1.68 bits per heavy atom. The van der Waals surface area contributed by atoms with Crippen LogP contribution in [0.25, 0.3) is 17.1 Å². The van der Waals surface area contributed by atoms with Gasteiger partial charge in [-0.05, 0) is 18.6 Å². The van der Waals surface area contributed by atoms with Gasteiger partial charge in [-0.2, -0.15) is 0 Å². The van der Waals surface area contributed by atoms with Gasteiger partial charge in [0.2, 0.25) is 5.91 Å². The summed E-state index contributed by atoms with van der Waals surface area (Å²) in [7, 11) is 0. The number of rotatable bonds is 10. The molecule has 0 fully saturated rings. The summed E-state index contributed by atoms with van der Waals surface area (Å²) >= 11 is 1.41. The van der Waals surface area contributed by atoms with Gasteiger partial charge in [-0.25, -0.2) is 0 Å². The maximum Gasteiger partial charge on any atom is 0.230 e. The molecule has 3 aromatic rings. The highest BCUT2D eigenvalue weighted by molar-refractivity contribution is 7.99. The highest BCUT2D eigenvalue weighted by Gasteiger charge is 2.16. The minimum atomic E-state index is 0.0328. The summed E-state index contributed by atoms with van der Waals surface area (Å²) in [5.74, 6) is 1.13. The standard InChI is InChI=1S/C22H26N4OS/c1-2-3-4-11-16-23-20(27)17-28-22-25-24-21(18-12-7-5-8-13-18)26(22)19-14-9-6-10-15-19/h5-10,12-15H,2-4,11,16-17H2,1H3,(H,23,27). The van der Waals surface area contributed by atoms with E-state index in [2.05, 4.69) is 22.4 Å². The van der Waals surface area contributed by atoms with Gasteiger partial charge in [0.05, 0.1) is 5.75 Å². The summed E-state index contributed by atoms with van der Waals surface area (Å²) in [6.07, 6.45) is 4.60. The molecular weight excluding hydrogens is 368 g/mol. The summed E-state index contributed by atoms with van der Waals surface area (Å²) in [5.41, 5.74) is 1.97. The molecular formula is C22H26N4OS. The smallest absolute Gasteiger partial charge is 0.230 e. The van der Waals surface area contributed by atoms with Crippen LogP contribution >= 0.6 is 11.8 Å². The van der Waals surface area contributed by atoms with E-state index in [1.807, 2.05) is 65.2 Å². The predicted octanol–water partition coefficient (Wildman–Crippen LogP) is 4.72. The summed E-state index contributed by atoms with van der Waals surface area (Å²) in [6.45, 7) is 2.92. The molecule has 0 unspecified atom stereocenters. The molecule has 1 N–H and O–H groups in total. The Morgan fingerprint density at radius 1 is 0.964 bits per heavy atom. The van der Waals surface area contributed by atoms with Gasteiger partial charge < -0.3 is 5.32 Å². The van der Waals surface area contributed by atoms with Crippen LogP contribution in [0.5, 0.6) is 0 Å². The molecule has 0 bridgehead atoms. The molecule has 1 heterocycles. The average molecular weight is 395 g/mol. The maximum atomic E-state index is 12.2. The van der Waals surface area contributed by atoms with E-state index in [9.17, 15) is 4.79 Å². The van der Waals surface area contributed by atoms with Crippen molar-refractivity contribution in [2.24, 2.45) is 0 Å². The molecule has 1 aromatic heterocycles. The highest BCUT2D eigenvalue weighted by atomic mass is 32.2. The van der Waals surface area contributed by atoms with Crippen LogP contribution in [-0.4, -0.2) is 33.0 Å². The van der Waals surface area contributed by atoms with Crippen molar-refractivity contribution in [2.45, 2.75) is 37.8 Å². The first kappa shape index (κ1) is 20.1. The molecule has 1 amide bonds. The Kier molecular flexibility index (Phi) is 7.67. The topological polar surface area (TPSA) is 59.8 Å². The van der Waals surface area contributed by atoms with Gasteiger partial charge in [0, 0.05) is 17.8 Å². The summed E-state index contributed by atoms with van der Waals surface area (Å²) in [5, 5.41) is 12.5. The summed E-state index contributed by atoms with van der Waals surface area (Å²) in [4.78, 5) is 12.2. The molecule has 0 aliphatic rings. The predicted molar refractivity (Wildman–Crippen MR) is 115 cm³/mol. The number of thioether (sulfide) groups is 1. The average Bonchev–Trinajstić information content (AvgIpc) is 3.17. The first-order chi connectivity index (χ1) is 13.8. The van der Waals surface area contributed by atoms with Crippen LogP contribution in [0.1, 0.15) is 32.6 Å². The molecule has 5 nitrogen and oxygen atoms in total. The molecule has 0 atom stereocenters. The van der Waals surface area contributed by atoms with E-state index in [0.717, 1.165) is 36.5 Å². The first-order valence-corrected chi connectivity index (χ1v) is 10.7. The number of hydrogen-bond acceptors (Lipinski definition) is 4. The number of benzene rings is 2. The molecule has 0 saturated carbocycles. The third-order valence-corrected chi connectivity index (χ3v) is 5.29. The number of nitrogens with zero attached hydrogens (tertiary/aromatic N) is 3. The number of carbonyl (C=O) groups is 1. The molecule has 0 aliphatic heterocycles. The van der Waals surface area contributed by atoms with Gasteiger partial charge in [0.15, 0.2) is 11.0 Å². The second-order valence-electron chi connectivity index (χ2n) is 6.54. The lowest BCUT2D eigenvalue weighted by Crippen LogP contribution is -2.26. The van der Waals surface area contributed by atoms with Gasteiger partial charge in [-0.1, -0.05) is 86.5 Å². The fourth-order valence-electron chi connectivity index (χ4n) is 2.91. The van der Waals surface area contributed by atoms with E-state index in [1.54, 1.807) is 0 Å². The third-order valence-electron chi connectivity index (χ3n) is 4.36. The zero-order valence-electron chi connectivity index (χ0n) is 16.2. The van der Waals surface area contributed by atoms with Crippen molar-refractivity contribution in [2.75, 3.05) is 12.3 Å². The minimum Gasteiger partial charge on any atom is -0.355 e. The zero-order chi connectivity index (χ0) is 19.6. The Labute approximate surface area is 170 Å². The summed E-state index contributed by atoms with van der Waals surface area (Å²) in [6, 6.07) is 20.0. The number of hydrogen-bond donors (Lipinski definition) is 1. The molecule has 3 rings (SSSR count). The normalized spacial score (nSPS) is 10.8. The lowest BCUT2D eigenvalue weighted by atomic mass is 10.2. The monoisotopic (exact) mass is 394 g/mol. The van der Waals surface area contributed by atoms with Crippen LogP contribution < -0.4 is 5.32 Å². The molecule has 28 heavy (non-hydrogen) atoms. The van der Waals surface area contributed by atoms with Gasteiger partial charge in [0.1, 0.15) is 0 Å². The number of carbonyl (C=O) groups excluding carboxylic acids is 1. The van der Waals surface area contributed by atoms with Gasteiger partial charge in [-0.15, -0.1) is 10.2 Å². The van der Waals surface area contributed by atoms with E-state index in [4.69, 9.17) is 0 Å². The number of para-hydroxylation sites is 1. The Balaban J connectivity index is 1.71. The molecule has 0 spiro atoms. The van der Waals surface area contributed by atoms with Crippen molar-refractivity contribution < 1.29 is 4.79 Å². The second kappa shape index (κ2) is 10.7. The van der Waals surface area contributed by atoms with Crippen molar-refractivity contribution in [1.82, 2.24) is 20.1 Å². The molecule has 0 aliphatic carbocycles. The Bertz CT molecular complexity index is 865. The molecule has 0 radical (unpaired) electrons. The van der Waals surface area contributed by atoms with Crippen molar-refractivity contribution >= 4 is 17.7 Å². The van der Waals surface area contributed by atoms with Crippen LogP contribution in [-0.2, 0) is 4.79 Å². The maximum absolute atomic E-state index is 12.2. The molecule has 146 valence electrons. The van der Waals surface area contributed by atoms with E-state index in [1.165, 1.54) is 24.6 Å². The number of aromatic nitrogens is 3. The lowest BCUT2D eigenvalue weighted by molar-refractivity contribution is -0.118. The SMILES string of the molecule is CCCCCCNC(=O)CSc1nnc(-c2ccccc2)n1-c1ccccc1. The minimum absolute atomic E-state index is 0.0328. The van der Waals surface area contributed by atoms with Crippen LogP contribution in [0.15, 0.2) is 65.8 Å². The van der Waals surface area contributed by atoms with E-state index in [-0.39, 0.29) is 5.91 Å². The number of nitrogens with one attached hydrogen (secondary N) is 1. The van der Waals surface area contributed by atoms with Crippen LogP contribution in [0.3, 0.4) is 0 Å². The van der Waals surface area contributed by atoms with Crippen molar-refractivity contribution in [3.8, 4) is 17.1 Å². The molecule has 2 aromatic carbocycles. The first-order valence-electron chi connectivity index (χ1n) is 9.75. The van der Waals surface area contributed by atoms with Crippen molar-refractivity contribution in [1.29, 1.82) is 0 Å². The quantitative estimate of drug-likeness (QED) is 0.399. The fraction of sp³-hybridized carbons (Fsp3) is 0.318. The second-order valence-corrected chi connectivity index (χ2v) is 7.48. The van der Waals surface area contributed by atoms with Crippen LogP contribution in [0.4, 0.5) is 0 Å². The number of unbranched alkanes of at least 4 members (excludes halogenated alkanes) is 3.